The summed E-state index contributed by atoms with van der Waals surface area (Å²) in [6.07, 6.45) is 1.38. The minimum atomic E-state index is 0.0965. The third-order valence-corrected chi connectivity index (χ3v) is 3.77. The number of ether oxygens (including phenoxy) is 1. The highest BCUT2D eigenvalue weighted by Gasteiger charge is 2.16. The number of aryl methyl sites for hydroxylation is 2. The fraction of sp³-hybridized carbons (Fsp3) is 0.562. The van der Waals surface area contributed by atoms with Crippen molar-refractivity contribution >= 4 is 5.91 Å². The van der Waals surface area contributed by atoms with Crippen LogP contribution in [0.25, 0.3) is 0 Å². The minimum Gasteiger partial charge on any atom is -0.378 e. The predicted molar refractivity (Wildman–Crippen MR) is 79.9 cm³/mol. The van der Waals surface area contributed by atoms with Crippen molar-refractivity contribution in [1.29, 1.82) is 0 Å². The molecular weight excluding hydrogens is 252 g/mol. The molecule has 0 radical (unpaired) electrons. The van der Waals surface area contributed by atoms with Crippen LogP contribution in [0.5, 0.6) is 0 Å². The maximum absolute atomic E-state index is 11.9. The van der Waals surface area contributed by atoms with E-state index in [4.69, 9.17) is 4.74 Å². The normalized spacial score (nSPS) is 18.8. The zero-order valence-corrected chi connectivity index (χ0v) is 12.4. The lowest BCUT2D eigenvalue weighted by molar-refractivity contribution is -0.122. The fourth-order valence-corrected chi connectivity index (χ4v) is 2.62. The number of hydrogen-bond donors (Lipinski definition) is 2. The molecule has 1 saturated heterocycles. The van der Waals surface area contributed by atoms with Gasteiger partial charge in [0.1, 0.15) is 0 Å². The molecule has 1 aliphatic heterocycles. The third-order valence-electron chi connectivity index (χ3n) is 3.77. The van der Waals surface area contributed by atoms with E-state index in [0.717, 1.165) is 19.6 Å². The van der Waals surface area contributed by atoms with Gasteiger partial charge < -0.3 is 15.4 Å². The Hall–Kier alpha value is -1.39. The maximum Gasteiger partial charge on any atom is 0.221 e. The summed E-state index contributed by atoms with van der Waals surface area (Å²) in [4.78, 5) is 11.9. The van der Waals surface area contributed by atoms with Crippen LogP contribution in [-0.2, 0) is 16.0 Å². The van der Waals surface area contributed by atoms with Crippen LogP contribution in [0.15, 0.2) is 18.2 Å². The van der Waals surface area contributed by atoms with E-state index in [-0.39, 0.29) is 11.9 Å². The minimum absolute atomic E-state index is 0.0965. The molecule has 1 atom stereocenters. The summed E-state index contributed by atoms with van der Waals surface area (Å²) < 4.78 is 5.35. The van der Waals surface area contributed by atoms with E-state index in [2.05, 4.69) is 42.7 Å². The Labute approximate surface area is 120 Å². The van der Waals surface area contributed by atoms with Gasteiger partial charge in [0.05, 0.1) is 13.2 Å². The zero-order valence-electron chi connectivity index (χ0n) is 12.4. The van der Waals surface area contributed by atoms with Gasteiger partial charge in [-0.1, -0.05) is 18.2 Å². The Morgan fingerprint density at radius 2 is 2.15 bits per heavy atom. The van der Waals surface area contributed by atoms with Crippen molar-refractivity contribution < 1.29 is 9.53 Å². The molecular formula is C16H24N2O2. The Morgan fingerprint density at radius 3 is 2.80 bits per heavy atom. The van der Waals surface area contributed by atoms with E-state index in [1.807, 2.05) is 0 Å². The molecule has 2 N–H and O–H groups in total. The monoisotopic (exact) mass is 276 g/mol. The molecule has 0 spiro atoms. The number of nitrogens with one attached hydrogen (secondary N) is 2. The lowest BCUT2D eigenvalue weighted by Gasteiger charge is -2.23. The van der Waals surface area contributed by atoms with E-state index < -0.39 is 0 Å². The third kappa shape index (κ3) is 4.32. The van der Waals surface area contributed by atoms with E-state index in [1.54, 1.807) is 0 Å². The Balaban J connectivity index is 1.73. The van der Waals surface area contributed by atoms with Gasteiger partial charge in [0.25, 0.3) is 0 Å². The molecule has 1 aliphatic rings. The maximum atomic E-state index is 11.9. The molecule has 1 amide bonds. The quantitative estimate of drug-likeness (QED) is 0.853. The second-order valence-corrected chi connectivity index (χ2v) is 5.40. The molecule has 0 aliphatic carbocycles. The van der Waals surface area contributed by atoms with Crippen LogP contribution in [0.4, 0.5) is 0 Å². The van der Waals surface area contributed by atoms with Crippen LogP contribution in [0.1, 0.15) is 23.1 Å². The second kappa shape index (κ2) is 7.41. The molecule has 2 rings (SSSR count). The summed E-state index contributed by atoms with van der Waals surface area (Å²) >= 11 is 0. The first-order valence-electron chi connectivity index (χ1n) is 7.29. The average molecular weight is 276 g/mol. The summed E-state index contributed by atoms with van der Waals surface area (Å²) in [5.41, 5.74) is 3.93. The zero-order chi connectivity index (χ0) is 14.4. The summed E-state index contributed by atoms with van der Waals surface area (Å²) in [6.45, 7) is 7.13. The van der Waals surface area contributed by atoms with E-state index >= 15 is 0 Å². The molecule has 110 valence electrons. The Morgan fingerprint density at radius 1 is 1.40 bits per heavy atom. The fourth-order valence-electron chi connectivity index (χ4n) is 2.62. The molecule has 4 nitrogen and oxygen atoms in total. The van der Waals surface area contributed by atoms with Crippen molar-refractivity contribution in [1.82, 2.24) is 10.6 Å². The first-order chi connectivity index (χ1) is 9.66. The summed E-state index contributed by atoms with van der Waals surface area (Å²) in [7, 11) is 0. The average Bonchev–Trinajstić information content (AvgIpc) is 2.43. The number of benzene rings is 1. The van der Waals surface area contributed by atoms with Gasteiger partial charge in [-0.15, -0.1) is 0 Å². The van der Waals surface area contributed by atoms with Crippen LogP contribution in [0.2, 0.25) is 0 Å². The van der Waals surface area contributed by atoms with Gasteiger partial charge in [0.2, 0.25) is 5.91 Å². The molecule has 0 saturated carbocycles. The SMILES string of the molecule is Cc1cccc(C)c1CCNC(=O)CC1COCCN1. The number of hydrogen-bond acceptors (Lipinski definition) is 3. The highest BCUT2D eigenvalue weighted by Crippen LogP contribution is 2.13. The molecule has 4 heteroatoms. The van der Waals surface area contributed by atoms with Crippen LogP contribution in [0.3, 0.4) is 0 Å². The number of carbonyl (C=O) groups is 1. The lowest BCUT2D eigenvalue weighted by Crippen LogP contribution is -2.44. The first-order valence-corrected chi connectivity index (χ1v) is 7.29. The van der Waals surface area contributed by atoms with Gasteiger partial charge in [0.15, 0.2) is 0 Å². The highest BCUT2D eigenvalue weighted by molar-refractivity contribution is 5.76. The lowest BCUT2D eigenvalue weighted by atomic mass is 10.0. The molecule has 1 unspecified atom stereocenters. The molecule has 20 heavy (non-hydrogen) atoms. The van der Waals surface area contributed by atoms with Gasteiger partial charge in [0, 0.05) is 25.6 Å². The molecule has 1 aromatic carbocycles. The van der Waals surface area contributed by atoms with Gasteiger partial charge in [-0.05, 0) is 37.0 Å². The predicted octanol–water partition coefficient (Wildman–Crippen LogP) is 1.34. The van der Waals surface area contributed by atoms with Crippen LogP contribution in [0, 0.1) is 13.8 Å². The standard InChI is InChI=1S/C16H24N2O2/c1-12-4-3-5-13(2)15(12)6-7-18-16(19)10-14-11-20-9-8-17-14/h3-5,14,17H,6-11H2,1-2H3,(H,18,19). The van der Waals surface area contributed by atoms with E-state index in [9.17, 15) is 4.79 Å². The summed E-state index contributed by atoms with van der Waals surface area (Å²) in [5, 5.41) is 6.29. The Bertz CT molecular complexity index is 434. The van der Waals surface area contributed by atoms with Crippen molar-refractivity contribution in [3.63, 3.8) is 0 Å². The largest absolute Gasteiger partial charge is 0.378 e. The van der Waals surface area contributed by atoms with Gasteiger partial charge in [-0.3, -0.25) is 4.79 Å². The second-order valence-electron chi connectivity index (χ2n) is 5.40. The topological polar surface area (TPSA) is 50.4 Å². The molecule has 1 heterocycles. The Kier molecular flexibility index (Phi) is 5.56. The van der Waals surface area contributed by atoms with Gasteiger partial charge >= 0.3 is 0 Å². The van der Waals surface area contributed by atoms with Crippen molar-refractivity contribution in [3.05, 3.63) is 34.9 Å². The van der Waals surface area contributed by atoms with Crippen molar-refractivity contribution in [2.24, 2.45) is 0 Å². The number of morpholine rings is 1. The number of rotatable bonds is 5. The molecule has 1 fully saturated rings. The highest BCUT2D eigenvalue weighted by atomic mass is 16.5. The molecule has 1 aromatic rings. The van der Waals surface area contributed by atoms with Crippen LogP contribution >= 0.6 is 0 Å². The molecule has 0 aromatic heterocycles. The number of amides is 1. The first kappa shape index (κ1) is 15.0. The van der Waals surface area contributed by atoms with Crippen molar-refractivity contribution in [2.75, 3.05) is 26.3 Å². The summed E-state index contributed by atoms with van der Waals surface area (Å²) in [5.74, 6) is 0.0965. The van der Waals surface area contributed by atoms with Crippen LogP contribution in [-0.4, -0.2) is 38.3 Å². The van der Waals surface area contributed by atoms with Crippen molar-refractivity contribution in [3.8, 4) is 0 Å². The van der Waals surface area contributed by atoms with E-state index in [1.165, 1.54) is 16.7 Å². The van der Waals surface area contributed by atoms with E-state index in [0.29, 0.717) is 19.6 Å². The smallest absolute Gasteiger partial charge is 0.221 e. The van der Waals surface area contributed by atoms with Gasteiger partial charge in [-0.25, -0.2) is 0 Å². The van der Waals surface area contributed by atoms with Crippen LogP contribution < -0.4 is 10.6 Å². The van der Waals surface area contributed by atoms with Gasteiger partial charge in [-0.2, -0.15) is 0 Å². The molecule has 0 bridgehead atoms. The summed E-state index contributed by atoms with van der Waals surface area (Å²) in [6, 6.07) is 6.46. The number of carbonyl (C=O) groups excluding carboxylic acids is 1. The van der Waals surface area contributed by atoms with Crippen molar-refractivity contribution in [2.45, 2.75) is 32.7 Å².